The van der Waals surface area contributed by atoms with Gasteiger partial charge in [0.15, 0.2) is 0 Å². The highest BCUT2D eigenvalue weighted by atomic mass is 16.2. The quantitative estimate of drug-likeness (QED) is 0.675. The fraction of sp³-hybridized carbons (Fsp3) is 0.385. The first-order valence-electron chi connectivity index (χ1n) is 6.11. The van der Waals surface area contributed by atoms with Crippen molar-refractivity contribution in [3.8, 4) is 0 Å². The van der Waals surface area contributed by atoms with Gasteiger partial charge in [0.05, 0.1) is 6.42 Å². The molecule has 6 heteroatoms. The average Bonchev–Trinajstić information content (AvgIpc) is 2.66. The number of hydrogen-bond donors (Lipinski definition) is 3. The van der Waals surface area contributed by atoms with Crippen LogP contribution in [0, 0.1) is 0 Å². The molecule has 0 saturated heterocycles. The number of nitrogens with one attached hydrogen (secondary N) is 2. The van der Waals surface area contributed by atoms with Crippen molar-refractivity contribution < 1.29 is 9.59 Å². The average molecular weight is 262 g/mol. The SMILES string of the molecule is CN(C)NC(=O)CC(N)c1ccc2c(c1)CC(=O)N2. The van der Waals surface area contributed by atoms with Crippen molar-refractivity contribution >= 4 is 17.5 Å². The Hall–Kier alpha value is -1.92. The summed E-state index contributed by atoms with van der Waals surface area (Å²) in [5, 5.41) is 4.35. The summed E-state index contributed by atoms with van der Waals surface area (Å²) in [6, 6.07) is 5.19. The second-order valence-electron chi connectivity index (χ2n) is 4.88. The number of carbonyl (C=O) groups excluding carboxylic acids is 2. The summed E-state index contributed by atoms with van der Waals surface area (Å²) < 4.78 is 0. The Bertz CT molecular complexity index is 513. The number of nitrogens with two attached hydrogens (primary N) is 1. The number of hydrazine groups is 1. The van der Waals surface area contributed by atoms with Gasteiger partial charge in [0.2, 0.25) is 11.8 Å². The predicted molar refractivity (Wildman–Crippen MR) is 72.2 cm³/mol. The van der Waals surface area contributed by atoms with Crippen LogP contribution in [-0.2, 0) is 16.0 Å². The summed E-state index contributed by atoms with van der Waals surface area (Å²) in [5.74, 6) is -0.140. The first kappa shape index (κ1) is 13.5. The highest BCUT2D eigenvalue weighted by Crippen LogP contribution is 2.26. The molecule has 0 fully saturated rings. The van der Waals surface area contributed by atoms with Crippen molar-refractivity contribution in [3.05, 3.63) is 29.3 Å². The Morgan fingerprint density at radius 3 is 2.95 bits per heavy atom. The molecule has 102 valence electrons. The molecular formula is C13H18N4O2. The minimum Gasteiger partial charge on any atom is -0.326 e. The lowest BCUT2D eigenvalue weighted by molar-refractivity contribution is -0.125. The molecule has 0 bridgehead atoms. The minimum absolute atomic E-state index is 0.00827. The second-order valence-corrected chi connectivity index (χ2v) is 4.88. The highest BCUT2D eigenvalue weighted by Gasteiger charge is 2.19. The van der Waals surface area contributed by atoms with Crippen LogP contribution >= 0.6 is 0 Å². The zero-order chi connectivity index (χ0) is 14.0. The normalized spacial score (nSPS) is 15.1. The van der Waals surface area contributed by atoms with Crippen LogP contribution in [0.15, 0.2) is 18.2 Å². The number of benzene rings is 1. The first-order chi connectivity index (χ1) is 8.95. The summed E-state index contributed by atoms with van der Waals surface area (Å²) in [6.45, 7) is 0. The third-order valence-electron chi connectivity index (χ3n) is 2.94. The van der Waals surface area contributed by atoms with E-state index in [-0.39, 0.29) is 24.3 Å². The molecule has 1 unspecified atom stereocenters. The summed E-state index contributed by atoms with van der Waals surface area (Å²) in [4.78, 5) is 22.9. The summed E-state index contributed by atoms with van der Waals surface area (Å²) in [6.07, 6.45) is 0.581. The van der Waals surface area contributed by atoms with E-state index in [1.807, 2.05) is 18.2 Å². The van der Waals surface area contributed by atoms with Gasteiger partial charge < -0.3 is 11.1 Å². The van der Waals surface area contributed by atoms with Crippen molar-refractivity contribution in [2.75, 3.05) is 19.4 Å². The van der Waals surface area contributed by atoms with Gasteiger partial charge in [-0.05, 0) is 17.2 Å². The van der Waals surface area contributed by atoms with Crippen LogP contribution in [0.3, 0.4) is 0 Å². The molecule has 1 aromatic rings. The lowest BCUT2D eigenvalue weighted by Crippen LogP contribution is -2.37. The number of fused-ring (bicyclic) bond motifs is 1. The van der Waals surface area contributed by atoms with E-state index in [0.717, 1.165) is 16.8 Å². The Morgan fingerprint density at radius 2 is 2.26 bits per heavy atom. The van der Waals surface area contributed by atoms with Gasteiger partial charge in [0.1, 0.15) is 0 Å². The van der Waals surface area contributed by atoms with Crippen molar-refractivity contribution in [1.82, 2.24) is 10.4 Å². The monoisotopic (exact) mass is 262 g/mol. The van der Waals surface area contributed by atoms with E-state index in [1.165, 1.54) is 0 Å². The smallest absolute Gasteiger partial charge is 0.236 e. The predicted octanol–water partition coefficient (Wildman–Crippen LogP) is 0.164. The fourth-order valence-electron chi connectivity index (χ4n) is 2.09. The maximum atomic E-state index is 11.6. The van der Waals surface area contributed by atoms with Crippen molar-refractivity contribution in [1.29, 1.82) is 0 Å². The molecule has 0 saturated carbocycles. The molecule has 1 atom stereocenters. The van der Waals surface area contributed by atoms with E-state index in [9.17, 15) is 9.59 Å². The van der Waals surface area contributed by atoms with E-state index in [2.05, 4.69) is 10.7 Å². The molecule has 0 spiro atoms. The number of nitrogens with zero attached hydrogens (tertiary/aromatic N) is 1. The highest BCUT2D eigenvalue weighted by molar-refractivity contribution is 5.99. The molecule has 0 aromatic heterocycles. The van der Waals surface area contributed by atoms with Gasteiger partial charge >= 0.3 is 0 Å². The van der Waals surface area contributed by atoms with Crippen molar-refractivity contribution in [2.24, 2.45) is 5.73 Å². The van der Waals surface area contributed by atoms with Crippen LogP contribution in [0.2, 0.25) is 0 Å². The Labute approximate surface area is 111 Å². The molecule has 4 N–H and O–H groups in total. The van der Waals surface area contributed by atoms with Crippen LogP contribution in [0.25, 0.3) is 0 Å². The molecule has 6 nitrogen and oxygen atoms in total. The van der Waals surface area contributed by atoms with E-state index in [1.54, 1.807) is 19.1 Å². The zero-order valence-corrected chi connectivity index (χ0v) is 11.1. The maximum absolute atomic E-state index is 11.6. The molecule has 0 aliphatic carbocycles. The molecule has 19 heavy (non-hydrogen) atoms. The summed E-state index contributed by atoms with van der Waals surface area (Å²) in [7, 11) is 3.49. The van der Waals surface area contributed by atoms with Gasteiger partial charge in [0, 0.05) is 32.2 Å². The molecule has 1 aliphatic heterocycles. The van der Waals surface area contributed by atoms with E-state index in [4.69, 9.17) is 5.73 Å². The van der Waals surface area contributed by atoms with Gasteiger partial charge in [-0.3, -0.25) is 15.0 Å². The molecule has 2 amide bonds. The van der Waals surface area contributed by atoms with Gasteiger partial charge in [0.25, 0.3) is 0 Å². The van der Waals surface area contributed by atoms with Crippen molar-refractivity contribution in [2.45, 2.75) is 18.9 Å². The standard InChI is InChI=1S/C13H18N4O2/c1-17(2)16-13(19)7-10(14)8-3-4-11-9(5-8)6-12(18)15-11/h3-5,10H,6-7,14H2,1-2H3,(H,15,18)(H,16,19). The molecule has 1 aliphatic rings. The van der Waals surface area contributed by atoms with Gasteiger partial charge in [-0.2, -0.15) is 0 Å². The van der Waals surface area contributed by atoms with Crippen LogP contribution < -0.4 is 16.5 Å². The van der Waals surface area contributed by atoms with Crippen LogP contribution in [0.5, 0.6) is 0 Å². The zero-order valence-electron chi connectivity index (χ0n) is 11.1. The number of carbonyl (C=O) groups is 2. The lowest BCUT2D eigenvalue weighted by atomic mass is 10.0. The number of anilines is 1. The number of hydrogen-bond acceptors (Lipinski definition) is 4. The van der Waals surface area contributed by atoms with E-state index < -0.39 is 0 Å². The Morgan fingerprint density at radius 1 is 1.53 bits per heavy atom. The number of amides is 2. The maximum Gasteiger partial charge on any atom is 0.236 e. The molecule has 2 rings (SSSR count). The van der Waals surface area contributed by atoms with Crippen molar-refractivity contribution in [3.63, 3.8) is 0 Å². The molecular weight excluding hydrogens is 244 g/mol. The van der Waals surface area contributed by atoms with E-state index >= 15 is 0 Å². The summed E-state index contributed by atoms with van der Waals surface area (Å²) in [5.41, 5.74) is 11.3. The molecule has 1 heterocycles. The molecule has 1 aromatic carbocycles. The topological polar surface area (TPSA) is 87.5 Å². The fourth-order valence-corrected chi connectivity index (χ4v) is 2.09. The summed E-state index contributed by atoms with van der Waals surface area (Å²) >= 11 is 0. The lowest BCUT2D eigenvalue weighted by Gasteiger charge is -2.16. The van der Waals surface area contributed by atoms with Crippen LogP contribution in [-0.4, -0.2) is 30.9 Å². The minimum atomic E-state index is -0.374. The molecule has 0 radical (unpaired) electrons. The second kappa shape index (κ2) is 5.38. The van der Waals surface area contributed by atoms with Gasteiger partial charge in [-0.15, -0.1) is 0 Å². The first-order valence-corrected chi connectivity index (χ1v) is 6.11. The van der Waals surface area contributed by atoms with Gasteiger partial charge in [-0.25, -0.2) is 5.01 Å². The van der Waals surface area contributed by atoms with Crippen LogP contribution in [0.1, 0.15) is 23.6 Å². The number of rotatable bonds is 4. The Balaban J connectivity index is 2.04. The van der Waals surface area contributed by atoms with Crippen LogP contribution in [0.4, 0.5) is 5.69 Å². The Kier molecular flexibility index (Phi) is 3.82. The largest absolute Gasteiger partial charge is 0.326 e. The van der Waals surface area contributed by atoms with Gasteiger partial charge in [-0.1, -0.05) is 12.1 Å². The third-order valence-corrected chi connectivity index (χ3v) is 2.94. The third kappa shape index (κ3) is 3.30. The van der Waals surface area contributed by atoms with E-state index in [0.29, 0.717) is 6.42 Å².